The predicted octanol–water partition coefficient (Wildman–Crippen LogP) is 4.29. The topological polar surface area (TPSA) is 72.0 Å². The zero-order valence-corrected chi connectivity index (χ0v) is 14.8. The summed E-state index contributed by atoms with van der Waals surface area (Å²) in [7, 11) is 0. The lowest BCUT2D eigenvalue weighted by molar-refractivity contribution is 0.252. The predicted molar refractivity (Wildman–Crippen MR) is 100.0 cm³/mol. The second-order valence-electron chi connectivity index (χ2n) is 4.91. The van der Waals surface area contributed by atoms with Crippen LogP contribution in [0.15, 0.2) is 47.6 Å². The van der Waals surface area contributed by atoms with Crippen LogP contribution in [0.3, 0.4) is 0 Å². The van der Waals surface area contributed by atoms with Gasteiger partial charge in [0.15, 0.2) is 11.5 Å². The summed E-state index contributed by atoms with van der Waals surface area (Å²) in [6.07, 6.45) is 1.52. The van der Waals surface area contributed by atoms with E-state index in [4.69, 9.17) is 21.1 Å². The highest BCUT2D eigenvalue weighted by molar-refractivity contribution is 6.30. The van der Waals surface area contributed by atoms with Crippen molar-refractivity contribution in [1.82, 2.24) is 5.43 Å². The number of benzene rings is 2. The van der Waals surface area contributed by atoms with Crippen LogP contribution < -0.4 is 20.2 Å². The average molecular weight is 362 g/mol. The molecule has 2 amide bonds. The van der Waals surface area contributed by atoms with Gasteiger partial charge in [0, 0.05) is 10.7 Å². The number of halogens is 1. The Kier molecular flexibility index (Phi) is 7.10. The molecule has 2 rings (SSSR count). The van der Waals surface area contributed by atoms with Crippen LogP contribution in [0.2, 0.25) is 5.02 Å². The molecule has 0 fully saturated rings. The first kappa shape index (κ1) is 18.6. The highest BCUT2D eigenvalue weighted by Gasteiger charge is 2.05. The van der Waals surface area contributed by atoms with Gasteiger partial charge in [-0.15, -0.1) is 0 Å². The van der Waals surface area contributed by atoms with Gasteiger partial charge in [0.1, 0.15) is 0 Å². The van der Waals surface area contributed by atoms with E-state index in [9.17, 15) is 4.79 Å². The molecule has 0 unspecified atom stereocenters. The minimum absolute atomic E-state index is 0.463. The number of rotatable bonds is 7. The first-order chi connectivity index (χ1) is 12.1. The number of ether oxygens (including phenoxy) is 2. The maximum absolute atomic E-state index is 11.8. The zero-order chi connectivity index (χ0) is 18.1. The number of urea groups is 1. The van der Waals surface area contributed by atoms with Crippen molar-refractivity contribution >= 4 is 29.5 Å². The third-order valence-electron chi connectivity index (χ3n) is 3.03. The first-order valence-electron chi connectivity index (χ1n) is 7.87. The van der Waals surface area contributed by atoms with Crippen LogP contribution in [0.5, 0.6) is 11.5 Å². The summed E-state index contributed by atoms with van der Waals surface area (Å²) >= 11 is 5.86. The van der Waals surface area contributed by atoms with E-state index in [0.29, 0.717) is 35.4 Å². The summed E-state index contributed by atoms with van der Waals surface area (Å²) in [4.78, 5) is 11.8. The van der Waals surface area contributed by atoms with E-state index in [1.165, 1.54) is 6.21 Å². The van der Waals surface area contributed by atoms with Gasteiger partial charge in [-0.1, -0.05) is 17.7 Å². The quantitative estimate of drug-likeness (QED) is 0.570. The summed E-state index contributed by atoms with van der Waals surface area (Å²) in [6.45, 7) is 4.89. The Morgan fingerprint density at radius 1 is 1.12 bits per heavy atom. The lowest BCUT2D eigenvalue weighted by atomic mass is 10.2. The summed E-state index contributed by atoms with van der Waals surface area (Å²) < 4.78 is 11.1. The molecule has 0 radical (unpaired) electrons. The van der Waals surface area contributed by atoms with Crippen molar-refractivity contribution in [3.8, 4) is 11.5 Å². The van der Waals surface area contributed by atoms with E-state index >= 15 is 0 Å². The molecule has 0 saturated heterocycles. The van der Waals surface area contributed by atoms with Crippen LogP contribution in [0.1, 0.15) is 19.4 Å². The fraction of sp³-hybridized carbons (Fsp3) is 0.222. The van der Waals surface area contributed by atoms with Crippen molar-refractivity contribution in [3.05, 3.63) is 53.1 Å². The molecule has 0 aliphatic rings. The van der Waals surface area contributed by atoms with Crippen molar-refractivity contribution in [2.75, 3.05) is 18.5 Å². The van der Waals surface area contributed by atoms with Gasteiger partial charge in [0.05, 0.1) is 19.4 Å². The second kappa shape index (κ2) is 9.54. The smallest absolute Gasteiger partial charge is 0.339 e. The maximum Gasteiger partial charge on any atom is 0.339 e. The molecule has 132 valence electrons. The van der Waals surface area contributed by atoms with Gasteiger partial charge in [-0.2, -0.15) is 5.10 Å². The summed E-state index contributed by atoms with van der Waals surface area (Å²) in [5.74, 6) is 1.31. The fourth-order valence-corrected chi connectivity index (χ4v) is 2.23. The third kappa shape index (κ3) is 6.00. The van der Waals surface area contributed by atoms with Crippen LogP contribution in [0, 0.1) is 0 Å². The molecular formula is C18H20ClN3O3. The Morgan fingerprint density at radius 3 is 2.60 bits per heavy atom. The molecule has 0 aliphatic heterocycles. The van der Waals surface area contributed by atoms with Crippen LogP contribution >= 0.6 is 11.6 Å². The second-order valence-corrected chi connectivity index (χ2v) is 5.34. The normalized spacial score (nSPS) is 10.5. The number of hydrogen-bond donors (Lipinski definition) is 2. The van der Waals surface area contributed by atoms with Crippen LogP contribution in [-0.2, 0) is 0 Å². The lowest BCUT2D eigenvalue weighted by Crippen LogP contribution is -2.24. The highest BCUT2D eigenvalue weighted by atomic mass is 35.5. The number of nitrogens with one attached hydrogen (secondary N) is 2. The van der Waals surface area contributed by atoms with E-state index in [1.807, 2.05) is 26.0 Å². The molecule has 0 aromatic heterocycles. The van der Waals surface area contributed by atoms with Gasteiger partial charge in [-0.25, -0.2) is 10.2 Å². The van der Waals surface area contributed by atoms with Gasteiger partial charge < -0.3 is 14.8 Å². The summed E-state index contributed by atoms with van der Waals surface area (Å²) in [5.41, 5.74) is 3.75. The van der Waals surface area contributed by atoms with Crippen molar-refractivity contribution in [3.63, 3.8) is 0 Å². The van der Waals surface area contributed by atoms with Crippen molar-refractivity contribution in [1.29, 1.82) is 0 Å². The molecule has 0 heterocycles. The van der Waals surface area contributed by atoms with Crippen molar-refractivity contribution in [2.45, 2.75) is 13.8 Å². The molecule has 6 nitrogen and oxygen atoms in total. The lowest BCUT2D eigenvalue weighted by Gasteiger charge is -2.11. The van der Waals surface area contributed by atoms with Crippen LogP contribution in [-0.4, -0.2) is 25.5 Å². The SMILES string of the molecule is CCOc1ccc(/C=N\NC(=O)Nc2cccc(Cl)c2)cc1OCC. The molecule has 2 N–H and O–H groups in total. The number of hydrazone groups is 1. The Morgan fingerprint density at radius 2 is 1.88 bits per heavy atom. The summed E-state index contributed by atoms with van der Waals surface area (Å²) in [6, 6.07) is 11.8. The van der Waals surface area contributed by atoms with Gasteiger partial charge in [0.2, 0.25) is 0 Å². The fourth-order valence-electron chi connectivity index (χ4n) is 2.04. The molecule has 0 bridgehead atoms. The van der Waals surface area contributed by atoms with Crippen molar-refractivity contribution < 1.29 is 14.3 Å². The van der Waals surface area contributed by atoms with Crippen molar-refractivity contribution in [2.24, 2.45) is 5.10 Å². The van der Waals surface area contributed by atoms with Crippen LogP contribution in [0.25, 0.3) is 0 Å². The molecule has 2 aromatic carbocycles. The number of amides is 2. The monoisotopic (exact) mass is 361 g/mol. The Hall–Kier alpha value is -2.73. The largest absolute Gasteiger partial charge is 0.490 e. The molecule has 7 heteroatoms. The Balaban J connectivity index is 1.96. The van der Waals surface area contributed by atoms with Gasteiger partial charge in [-0.05, 0) is 55.8 Å². The zero-order valence-electron chi connectivity index (χ0n) is 14.1. The van der Waals surface area contributed by atoms with Crippen LogP contribution in [0.4, 0.5) is 10.5 Å². The number of anilines is 1. The number of nitrogens with zero attached hydrogens (tertiary/aromatic N) is 1. The Labute approximate surface area is 151 Å². The van der Waals surface area contributed by atoms with E-state index in [-0.39, 0.29) is 0 Å². The number of carbonyl (C=O) groups is 1. The highest BCUT2D eigenvalue weighted by Crippen LogP contribution is 2.27. The molecule has 0 aliphatic carbocycles. The first-order valence-corrected chi connectivity index (χ1v) is 8.25. The summed E-state index contributed by atoms with van der Waals surface area (Å²) in [5, 5.41) is 7.10. The minimum atomic E-state index is -0.463. The number of hydrogen-bond acceptors (Lipinski definition) is 4. The van der Waals surface area contributed by atoms with Gasteiger partial charge in [-0.3, -0.25) is 0 Å². The molecular weight excluding hydrogens is 342 g/mol. The standard InChI is InChI=1S/C18H20ClN3O3/c1-3-24-16-9-8-13(10-17(16)25-4-2)12-20-22-18(23)21-15-7-5-6-14(19)11-15/h5-12H,3-4H2,1-2H3,(H2,21,22,23)/b20-12-. The van der Waals surface area contributed by atoms with Gasteiger partial charge >= 0.3 is 6.03 Å². The van der Waals surface area contributed by atoms with E-state index in [2.05, 4.69) is 15.8 Å². The third-order valence-corrected chi connectivity index (χ3v) is 3.26. The maximum atomic E-state index is 11.8. The molecule has 2 aromatic rings. The average Bonchev–Trinajstić information content (AvgIpc) is 2.57. The van der Waals surface area contributed by atoms with Gasteiger partial charge in [0.25, 0.3) is 0 Å². The molecule has 0 spiro atoms. The van der Waals surface area contributed by atoms with E-state index in [1.54, 1.807) is 30.3 Å². The van der Waals surface area contributed by atoms with E-state index in [0.717, 1.165) is 5.56 Å². The van der Waals surface area contributed by atoms with E-state index < -0.39 is 6.03 Å². The molecule has 0 saturated carbocycles. The Bertz CT molecular complexity index is 750. The number of carbonyl (C=O) groups excluding carboxylic acids is 1. The molecule has 0 atom stereocenters. The minimum Gasteiger partial charge on any atom is -0.490 e. The molecule has 25 heavy (non-hydrogen) atoms.